The molecule has 0 atom stereocenters. The fourth-order valence-electron chi connectivity index (χ4n) is 18.0. The van der Waals surface area contributed by atoms with Gasteiger partial charge in [-0.3, -0.25) is 0 Å². The van der Waals surface area contributed by atoms with E-state index in [0.717, 1.165) is 78.2 Å². The Morgan fingerprint density at radius 1 is 0.113 bits per heavy atom. The van der Waals surface area contributed by atoms with Crippen LogP contribution in [0.3, 0.4) is 0 Å². The lowest BCUT2D eigenvalue weighted by molar-refractivity contribution is 1.07. The lowest BCUT2D eigenvalue weighted by Gasteiger charge is -2.11. The van der Waals surface area contributed by atoms with Gasteiger partial charge in [0.1, 0.15) is 0 Å². The van der Waals surface area contributed by atoms with Crippen LogP contribution in [0.5, 0.6) is 0 Å². The highest BCUT2D eigenvalue weighted by Gasteiger charge is 2.22. The normalized spacial score (nSPS) is 11.5. The van der Waals surface area contributed by atoms with Crippen molar-refractivity contribution in [1.82, 2.24) is 48.2 Å². The summed E-state index contributed by atoms with van der Waals surface area (Å²) in [5.41, 5.74) is 29.0. The maximum Gasteiger partial charge on any atom is 0.164 e. The number of aromatic nitrogens is 10. The van der Waals surface area contributed by atoms with E-state index in [1.54, 1.807) is 0 Å². The zero-order chi connectivity index (χ0) is 82.0. The first-order valence-corrected chi connectivity index (χ1v) is 41.9. The molecule has 0 unspecified atom stereocenters. The van der Waals surface area contributed by atoms with Crippen molar-refractivity contribution in [3.8, 4) is 136 Å². The van der Waals surface area contributed by atoms with Gasteiger partial charge in [-0.05, 0) is 172 Å². The Balaban J connectivity index is 0.000000143. The van der Waals surface area contributed by atoms with Gasteiger partial charge in [0.05, 0.1) is 44.1 Å². The van der Waals surface area contributed by atoms with Crippen molar-refractivity contribution in [3.63, 3.8) is 0 Å². The van der Waals surface area contributed by atoms with Crippen molar-refractivity contribution in [1.29, 1.82) is 0 Å². The van der Waals surface area contributed by atoms with E-state index in [-0.39, 0.29) is 0 Å². The molecule has 0 bridgehead atoms. The van der Waals surface area contributed by atoms with Gasteiger partial charge in [0.25, 0.3) is 0 Å². The number of hydrogen-bond donors (Lipinski definition) is 0. The predicted molar refractivity (Wildman–Crippen MR) is 511 cm³/mol. The van der Waals surface area contributed by atoms with Crippen LogP contribution >= 0.6 is 0 Å². The van der Waals surface area contributed by atoms with Crippen LogP contribution in [0.2, 0.25) is 0 Å². The van der Waals surface area contributed by atoms with E-state index in [0.29, 0.717) is 34.9 Å². The molecule has 0 aliphatic rings. The molecule has 24 rings (SSSR count). The van der Waals surface area contributed by atoms with Gasteiger partial charge in [-0.25, -0.2) is 29.9 Å². The molecule has 0 amide bonds. The average molecular weight is 1580 g/mol. The lowest BCUT2D eigenvalue weighted by atomic mass is 10.0. The summed E-state index contributed by atoms with van der Waals surface area (Å²) in [7, 11) is 0. The van der Waals surface area contributed by atoms with Crippen LogP contribution in [0.15, 0.2) is 449 Å². The SMILES string of the molecule is c1ccc(-c2nc(-c3ccccc3)nc(-c3ccc(-c4ccc5c(c4)c4ccccc4n5-c4ccc(-c5ccc6c(c5)c5ccccc5n6-c5ccccc5)cc4)cc3)n2)cc1.c1ccc(-c2nc(-c3ccccc3)nc(-c3cccc(-c4ccc5c(c4)c4ccccc4n5-c4ccc(-c5ccc6c(c5)c5ccccc5n6-c5ccccc5)cc4)c3)n2)cc1. The van der Waals surface area contributed by atoms with E-state index in [9.17, 15) is 0 Å². The maximum atomic E-state index is 5.00. The molecular formula is C114H74N10. The predicted octanol–water partition coefficient (Wildman–Crippen LogP) is 28.8. The molecule has 0 radical (unpaired) electrons. The number of rotatable bonds is 14. The van der Waals surface area contributed by atoms with Crippen LogP contribution < -0.4 is 0 Å². The summed E-state index contributed by atoms with van der Waals surface area (Å²) in [6.45, 7) is 0. The molecule has 0 N–H and O–H groups in total. The first-order valence-electron chi connectivity index (χ1n) is 41.9. The minimum absolute atomic E-state index is 0.638. The van der Waals surface area contributed by atoms with E-state index in [1.165, 1.54) is 110 Å². The van der Waals surface area contributed by atoms with Crippen LogP contribution in [0.25, 0.3) is 223 Å². The second kappa shape index (κ2) is 30.8. The van der Waals surface area contributed by atoms with Gasteiger partial charge in [-0.2, -0.15) is 0 Å². The highest BCUT2D eigenvalue weighted by atomic mass is 15.1. The Bertz CT molecular complexity index is 8050. The van der Waals surface area contributed by atoms with Crippen molar-refractivity contribution < 1.29 is 0 Å². The topological polar surface area (TPSA) is 97.1 Å². The molecule has 10 nitrogen and oxygen atoms in total. The molecule has 10 heteroatoms. The summed E-state index contributed by atoms with van der Waals surface area (Å²) >= 11 is 0. The Labute approximate surface area is 715 Å². The highest BCUT2D eigenvalue weighted by Crippen LogP contribution is 2.43. The fourth-order valence-corrected chi connectivity index (χ4v) is 18.0. The van der Waals surface area contributed by atoms with Gasteiger partial charge in [0.2, 0.25) is 0 Å². The quantitative estimate of drug-likeness (QED) is 0.108. The second-order valence-corrected chi connectivity index (χ2v) is 31.3. The molecular weight excluding hydrogens is 1510 g/mol. The molecule has 24 aromatic rings. The van der Waals surface area contributed by atoms with E-state index in [4.69, 9.17) is 29.9 Å². The van der Waals surface area contributed by atoms with Gasteiger partial charge < -0.3 is 18.3 Å². The van der Waals surface area contributed by atoms with Gasteiger partial charge in [0, 0.05) is 99.2 Å². The van der Waals surface area contributed by atoms with Crippen molar-refractivity contribution in [2.24, 2.45) is 0 Å². The van der Waals surface area contributed by atoms with Gasteiger partial charge in [-0.15, -0.1) is 0 Å². The molecule has 0 saturated heterocycles. The third-order valence-electron chi connectivity index (χ3n) is 24.0. The van der Waals surface area contributed by atoms with Crippen molar-refractivity contribution in [2.45, 2.75) is 0 Å². The van der Waals surface area contributed by atoms with Gasteiger partial charge in [-0.1, -0.05) is 322 Å². The van der Waals surface area contributed by atoms with Crippen molar-refractivity contribution >= 4 is 87.2 Å². The number of nitrogens with zero attached hydrogens (tertiary/aromatic N) is 10. The van der Waals surface area contributed by atoms with Gasteiger partial charge in [0.15, 0.2) is 34.9 Å². The van der Waals surface area contributed by atoms with Crippen molar-refractivity contribution in [2.75, 3.05) is 0 Å². The van der Waals surface area contributed by atoms with Crippen molar-refractivity contribution in [3.05, 3.63) is 449 Å². The summed E-state index contributed by atoms with van der Waals surface area (Å²) in [6.07, 6.45) is 0. The molecule has 0 spiro atoms. The van der Waals surface area contributed by atoms with Crippen LogP contribution in [0.1, 0.15) is 0 Å². The summed E-state index contributed by atoms with van der Waals surface area (Å²) in [6, 6.07) is 159. The Morgan fingerprint density at radius 2 is 0.298 bits per heavy atom. The number of fused-ring (bicyclic) bond motifs is 12. The fraction of sp³-hybridized carbons (Fsp3) is 0. The summed E-state index contributed by atoms with van der Waals surface area (Å²) in [5, 5.41) is 9.84. The molecule has 6 heterocycles. The smallest absolute Gasteiger partial charge is 0.164 e. The summed E-state index contributed by atoms with van der Waals surface area (Å²) in [4.78, 5) is 29.6. The molecule has 0 saturated carbocycles. The van der Waals surface area contributed by atoms with Crippen LogP contribution in [-0.4, -0.2) is 48.2 Å². The van der Waals surface area contributed by atoms with E-state index < -0.39 is 0 Å². The minimum Gasteiger partial charge on any atom is -0.309 e. The summed E-state index contributed by atoms with van der Waals surface area (Å²) < 4.78 is 9.49. The minimum atomic E-state index is 0.638. The van der Waals surface area contributed by atoms with E-state index in [1.807, 2.05) is 121 Å². The van der Waals surface area contributed by atoms with Crippen LogP contribution in [0.4, 0.5) is 0 Å². The third-order valence-corrected chi connectivity index (χ3v) is 24.0. The Kier molecular flexibility index (Phi) is 18.0. The molecule has 6 aromatic heterocycles. The summed E-state index contributed by atoms with van der Waals surface area (Å²) in [5.74, 6) is 3.88. The maximum absolute atomic E-state index is 5.00. The lowest BCUT2D eigenvalue weighted by Crippen LogP contribution is -2.00. The van der Waals surface area contributed by atoms with E-state index >= 15 is 0 Å². The molecule has 0 aliphatic heterocycles. The standard InChI is InChI=1S/2C57H37N5/c1-4-15-39(16-5-1)55-58-56(40-17-6-2-7-18-40)60-57(59-55)44-20-14-19-41(35-44)43-30-34-54-50(37-43)48-24-11-13-26-52(48)62(54)46-31-27-38(28-32-46)42-29-33-53-49(36-42)47-23-10-12-25-51(47)61(53)45-21-8-3-9-22-45;1-4-14-40(15-5-1)55-58-56(41-16-6-2-7-17-41)60-57(59-55)42-26-24-38(25-27-42)43-30-35-54-50(36-43)48-21-11-13-23-52(48)62(54)46-32-28-39(29-33-46)44-31-34-53-49(37-44)47-20-10-12-22-51(47)61(53)45-18-8-3-9-19-45/h2*1-37H. The number of benzene rings is 18. The molecule has 580 valence electrons. The van der Waals surface area contributed by atoms with Gasteiger partial charge >= 0.3 is 0 Å². The van der Waals surface area contributed by atoms with Crippen LogP contribution in [0, 0.1) is 0 Å². The molecule has 0 aliphatic carbocycles. The monoisotopic (exact) mass is 1580 g/mol. The van der Waals surface area contributed by atoms with E-state index in [2.05, 4.69) is 346 Å². The van der Waals surface area contributed by atoms with Crippen LogP contribution in [-0.2, 0) is 0 Å². The Hall–Kier alpha value is -16.8. The molecule has 124 heavy (non-hydrogen) atoms. The highest BCUT2D eigenvalue weighted by molar-refractivity contribution is 6.14. The zero-order valence-corrected chi connectivity index (χ0v) is 67.2. The first kappa shape index (κ1) is 72.4. The number of para-hydroxylation sites is 6. The Morgan fingerprint density at radius 3 is 0.597 bits per heavy atom. The molecule has 18 aromatic carbocycles. The number of hydrogen-bond acceptors (Lipinski definition) is 6. The first-order chi connectivity index (χ1) is 61.5. The molecule has 0 fully saturated rings. The third kappa shape index (κ3) is 13.1. The zero-order valence-electron chi connectivity index (χ0n) is 67.2. The second-order valence-electron chi connectivity index (χ2n) is 31.3. The largest absolute Gasteiger partial charge is 0.309 e. The average Bonchev–Trinajstić information content (AvgIpc) is 1.60.